The van der Waals surface area contributed by atoms with E-state index >= 15 is 0 Å². The van der Waals surface area contributed by atoms with Crippen LogP contribution in [-0.2, 0) is 11.0 Å². The van der Waals surface area contributed by atoms with Crippen molar-refractivity contribution in [3.63, 3.8) is 0 Å². The number of hydrogen-bond donors (Lipinski definition) is 1. The molecule has 5 nitrogen and oxygen atoms in total. The maximum absolute atomic E-state index is 5.40. The fourth-order valence-corrected chi connectivity index (χ4v) is 2.14. The van der Waals surface area contributed by atoms with Crippen LogP contribution in [0.15, 0.2) is 4.52 Å². The normalized spacial score (nSPS) is 19.2. The highest BCUT2D eigenvalue weighted by Crippen LogP contribution is 2.28. The molecule has 0 spiro atoms. The van der Waals surface area contributed by atoms with Crippen LogP contribution in [-0.4, -0.2) is 41.2 Å². The molecule has 1 aliphatic rings. The van der Waals surface area contributed by atoms with E-state index in [2.05, 4.69) is 55.0 Å². The topological polar surface area (TPSA) is 54.2 Å². The summed E-state index contributed by atoms with van der Waals surface area (Å²) in [6, 6.07) is 0. The molecule has 0 radical (unpaired) electrons. The van der Waals surface area contributed by atoms with Crippen molar-refractivity contribution in [3.05, 3.63) is 11.7 Å². The van der Waals surface area contributed by atoms with Crippen molar-refractivity contribution in [1.82, 2.24) is 20.4 Å². The maximum atomic E-state index is 5.40. The van der Waals surface area contributed by atoms with E-state index in [9.17, 15) is 0 Å². The van der Waals surface area contributed by atoms with Gasteiger partial charge in [-0.3, -0.25) is 4.90 Å². The monoisotopic (exact) mass is 252 g/mol. The molecule has 0 aliphatic carbocycles. The lowest BCUT2D eigenvalue weighted by Gasteiger charge is -2.38. The number of nitrogens with one attached hydrogen (secondary N) is 1. The minimum atomic E-state index is -0.172. The zero-order valence-corrected chi connectivity index (χ0v) is 12.1. The first-order valence-corrected chi connectivity index (χ1v) is 6.62. The molecule has 0 unspecified atom stereocenters. The summed E-state index contributed by atoms with van der Waals surface area (Å²) < 4.78 is 5.40. The van der Waals surface area contributed by atoms with E-state index in [0.29, 0.717) is 5.89 Å². The van der Waals surface area contributed by atoms with Crippen LogP contribution in [0, 0.1) is 0 Å². The summed E-state index contributed by atoms with van der Waals surface area (Å²) >= 11 is 0. The third-order valence-corrected chi connectivity index (χ3v) is 3.52. The summed E-state index contributed by atoms with van der Waals surface area (Å²) in [5.74, 6) is 1.50. The molecule has 1 saturated heterocycles. The average molecular weight is 252 g/mol. The molecule has 0 atom stereocenters. The minimum Gasteiger partial charge on any atom is -0.339 e. The van der Waals surface area contributed by atoms with Crippen LogP contribution in [0.5, 0.6) is 0 Å². The van der Waals surface area contributed by atoms with Crippen molar-refractivity contribution in [2.24, 2.45) is 0 Å². The Labute approximate surface area is 109 Å². The minimum absolute atomic E-state index is 0.0925. The van der Waals surface area contributed by atoms with E-state index < -0.39 is 0 Å². The Balaban J connectivity index is 2.21. The van der Waals surface area contributed by atoms with Gasteiger partial charge in [-0.15, -0.1) is 0 Å². The molecule has 0 aromatic carbocycles. The maximum Gasteiger partial charge on any atom is 0.232 e. The second-order valence-corrected chi connectivity index (χ2v) is 6.47. The van der Waals surface area contributed by atoms with Crippen molar-refractivity contribution >= 4 is 0 Å². The molecule has 18 heavy (non-hydrogen) atoms. The van der Waals surface area contributed by atoms with Crippen LogP contribution < -0.4 is 5.32 Å². The third kappa shape index (κ3) is 2.57. The fraction of sp³-hybridized carbons (Fsp3) is 0.846. The second kappa shape index (κ2) is 4.63. The van der Waals surface area contributed by atoms with Gasteiger partial charge in [0, 0.05) is 31.6 Å². The number of aromatic nitrogens is 2. The van der Waals surface area contributed by atoms with Gasteiger partial charge >= 0.3 is 0 Å². The highest BCUT2D eigenvalue weighted by molar-refractivity contribution is 5.06. The average Bonchev–Trinajstić information content (AvgIpc) is 2.79. The molecular weight excluding hydrogens is 228 g/mol. The van der Waals surface area contributed by atoms with Crippen molar-refractivity contribution in [1.29, 1.82) is 0 Å². The lowest BCUT2D eigenvalue weighted by atomic mass is 9.96. The first kappa shape index (κ1) is 13.5. The van der Waals surface area contributed by atoms with Gasteiger partial charge in [0.2, 0.25) is 5.89 Å². The highest BCUT2D eigenvalue weighted by Gasteiger charge is 2.35. The Morgan fingerprint density at radius 1 is 1.11 bits per heavy atom. The highest BCUT2D eigenvalue weighted by atomic mass is 16.5. The van der Waals surface area contributed by atoms with Gasteiger partial charge in [0.25, 0.3) is 0 Å². The van der Waals surface area contributed by atoms with Crippen LogP contribution in [0.4, 0.5) is 0 Å². The largest absolute Gasteiger partial charge is 0.339 e. The molecule has 102 valence electrons. The Morgan fingerprint density at radius 3 is 2.22 bits per heavy atom. The van der Waals surface area contributed by atoms with Crippen LogP contribution in [0.3, 0.4) is 0 Å². The van der Waals surface area contributed by atoms with E-state index in [1.165, 1.54) is 0 Å². The van der Waals surface area contributed by atoms with Gasteiger partial charge in [0.1, 0.15) is 0 Å². The molecule has 0 amide bonds. The van der Waals surface area contributed by atoms with Gasteiger partial charge in [-0.1, -0.05) is 25.9 Å². The summed E-state index contributed by atoms with van der Waals surface area (Å²) in [5.41, 5.74) is -0.264. The quantitative estimate of drug-likeness (QED) is 0.864. The summed E-state index contributed by atoms with van der Waals surface area (Å²) in [4.78, 5) is 6.99. The van der Waals surface area contributed by atoms with E-state index in [-0.39, 0.29) is 11.0 Å². The predicted molar refractivity (Wildman–Crippen MR) is 70.5 cm³/mol. The number of hydrogen-bond acceptors (Lipinski definition) is 5. The summed E-state index contributed by atoms with van der Waals surface area (Å²) in [6.07, 6.45) is 0. The van der Waals surface area contributed by atoms with Crippen molar-refractivity contribution in [3.8, 4) is 0 Å². The summed E-state index contributed by atoms with van der Waals surface area (Å²) in [7, 11) is 0. The van der Waals surface area contributed by atoms with Crippen LogP contribution in [0.1, 0.15) is 46.3 Å². The van der Waals surface area contributed by atoms with Crippen LogP contribution >= 0.6 is 0 Å². The van der Waals surface area contributed by atoms with Gasteiger partial charge in [-0.2, -0.15) is 4.98 Å². The lowest BCUT2D eigenvalue weighted by Crippen LogP contribution is -2.52. The zero-order valence-electron chi connectivity index (χ0n) is 12.1. The number of piperazine rings is 1. The Morgan fingerprint density at radius 2 is 1.72 bits per heavy atom. The van der Waals surface area contributed by atoms with Crippen LogP contribution in [0.2, 0.25) is 0 Å². The molecule has 1 aromatic rings. The molecule has 1 aromatic heterocycles. The number of rotatable bonds is 2. The standard InChI is InChI=1S/C13H24N4O/c1-12(2,3)11-15-10(16-18-11)13(4,5)17-8-6-14-7-9-17/h14H,6-9H2,1-5H3. The van der Waals surface area contributed by atoms with E-state index in [0.717, 1.165) is 32.0 Å². The Kier molecular flexibility index (Phi) is 3.47. The first-order chi connectivity index (χ1) is 8.32. The second-order valence-electron chi connectivity index (χ2n) is 6.47. The van der Waals surface area contributed by atoms with E-state index in [1.807, 2.05) is 0 Å². The molecular formula is C13H24N4O. The lowest BCUT2D eigenvalue weighted by molar-refractivity contribution is 0.0924. The van der Waals surface area contributed by atoms with E-state index in [1.54, 1.807) is 0 Å². The smallest absolute Gasteiger partial charge is 0.232 e. The van der Waals surface area contributed by atoms with Gasteiger partial charge in [-0.05, 0) is 13.8 Å². The Hall–Kier alpha value is -0.940. The number of nitrogens with zero attached hydrogens (tertiary/aromatic N) is 3. The van der Waals surface area contributed by atoms with Crippen LogP contribution in [0.25, 0.3) is 0 Å². The van der Waals surface area contributed by atoms with Gasteiger partial charge in [0.05, 0.1) is 5.54 Å². The van der Waals surface area contributed by atoms with Gasteiger partial charge in [-0.25, -0.2) is 0 Å². The molecule has 1 fully saturated rings. The van der Waals surface area contributed by atoms with Crippen molar-refractivity contribution < 1.29 is 4.52 Å². The van der Waals surface area contributed by atoms with Crippen molar-refractivity contribution in [2.75, 3.05) is 26.2 Å². The zero-order chi connectivity index (χ0) is 13.4. The molecule has 1 aliphatic heterocycles. The van der Waals surface area contributed by atoms with E-state index in [4.69, 9.17) is 4.52 Å². The van der Waals surface area contributed by atoms with Crippen molar-refractivity contribution in [2.45, 2.75) is 45.6 Å². The SMILES string of the molecule is CC(C)(C)c1nc(C(C)(C)N2CCNCC2)no1. The summed E-state index contributed by atoms with van der Waals surface area (Å²) in [5, 5.41) is 7.54. The molecule has 2 heterocycles. The third-order valence-electron chi connectivity index (χ3n) is 3.52. The molecule has 0 bridgehead atoms. The Bertz CT molecular complexity index is 399. The fourth-order valence-electron chi connectivity index (χ4n) is 2.14. The predicted octanol–water partition coefficient (Wildman–Crippen LogP) is 1.51. The van der Waals surface area contributed by atoms with Gasteiger partial charge in [0.15, 0.2) is 5.82 Å². The molecule has 0 saturated carbocycles. The molecule has 2 rings (SSSR count). The first-order valence-electron chi connectivity index (χ1n) is 6.62. The van der Waals surface area contributed by atoms with Gasteiger partial charge < -0.3 is 9.84 Å². The summed E-state index contributed by atoms with van der Waals surface area (Å²) in [6.45, 7) is 14.7. The molecule has 5 heteroatoms. The molecule has 1 N–H and O–H groups in total.